The molecule has 11 nitrogen and oxygen atoms in total. The summed E-state index contributed by atoms with van der Waals surface area (Å²) in [5.74, 6) is -1.49. The van der Waals surface area contributed by atoms with Gasteiger partial charge in [0.1, 0.15) is 22.8 Å². The summed E-state index contributed by atoms with van der Waals surface area (Å²) in [4.78, 5) is 12.5. The molecule has 0 aliphatic heterocycles. The number of ketones is 1. The number of aliphatic hydroxyl groups excluding tert-OH is 2. The summed E-state index contributed by atoms with van der Waals surface area (Å²) < 4.78 is 42.4. The van der Waals surface area contributed by atoms with E-state index in [1.807, 2.05) is 0 Å². The summed E-state index contributed by atoms with van der Waals surface area (Å²) in [6.45, 7) is -0.945. The van der Waals surface area contributed by atoms with Crippen LogP contribution in [0.25, 0.3) is 0 Å². The summed E-state index contributed by atoms with van der Waals surface area (Å²) in [6, 6.07) is 6.83. The number of hydrogen-bond acceptors (Lipinski definition) is 10. The summed E-state index contributed by atoms with van der Waals surface area (Å²) in [5, 5.41) is 47.2. The lowest BCUT2D eigenvalue weighted by atomic mass is 10.0. The zero-order chi connectivity index (χ0) is 25.5. The van der Waals surface area contributed by atoms with Crippen LogP contribution >= 0.6 is 0 Å². The fourth-order valence-electron chi connectivity index (χ4n) is 3.30. The van der Waals surface area contributed by atoms with Crippen molar-refractivity contribution in [2.24, 2.45) is 0 Å². The van der Waals surface area contributed by atoms with Crippen LogP contribution in [-0.4, -0.2) is 76.0 Å². The molecule has 0 aliphatic rings. The standard InChI is InChI=1S/C22H28O11S/c1-32-21-5-3-13(8-18(21)26)2-4-17(25)22-19(27)10-15(11-20(22)28)33-7-6-16(34(29,30)31)9-14(24)12-23/h3,5,8,10-11,14,16,23-24,26-28H,2,4,6-7,9,12H2,1H3,(H,29,30,31)/t14-,16-/m0/s1. The highest BCUT2D eigenvalue weighted by Gasteiger charge is 2.26. The van der Waals surface area contributed by atoms with Crippen molar-refractivity contribution in [1.29, 1.82) is 0 Å². The number of aryl methyl sites for hydroxylation is 1. The van der Waals surface area contributed by atoms with Crippen LogP contribution in [0.1, 0.15) is 35.2 Å². The summed E-state index contributed by atoms with van der Waals surface area (Å²) >= 11 is 0. The molecule has 2 aromatic rings. The normalized spacial score (nSPS) is 13.3. The van der Waals surface area contributed by atoms with Crippen LogP contribution in [-0.2, 0) is 16.5 Å². The van der Waals surface area contributed by atoms with Crippen molar-refractivity contribution in [2.45, 2.75) is 37.0 Å². The lowest BCUT2D eigenvalue weighted by Gasteiger charge is -2.17. The number of carbonyl (C=O) groups excluding carboxylic acids is 1. The van der Waals surface area contributed by atoms with Gasteiger partial charge in [-0.3, -0.25) is 9.35 Å². The second-order valence-corrected chi connectivity index (χ2v) is 9.31. The van der Waals surface area contributed by atoms with E-state index in [0.717, 1.165) is 12.1 Å². The molecule has 0 aliphatic carbocycles. The molecule has 2 atom stereocenters. The molecule has 0 radical (unpaired) electrons. The number of carbonyl (C=O) groups is 1. The lowest BCUT2D eigenvalue weighted by molar-refractivity contribution is 0.0851. The summed E-state index contributed by atoms with van der Waals surface area (Å²) in [6.07, 6.45) is -1.84. The fourth-order valence-corrected chi connectivity index (χ4v) is 4.16. The first kappa shape index (κ1) is 27.2. The first-order chi connectivity index (χ1) is 16.0. The Morgan fingerprint density at radius 3 is 2.24 bits per heavy atom. The molecule has 0 spiro atoms. The van der Waals surface area contributed by atoms with Crippen LogP contribution in [0.5, 0.6) is 28.7 Å². The molecular weight excluding hydrogens is 472 g/mol. The maximum atomic E-state index is 12.5. The number of hydrogen-bond donors (Lipinski definition) is 6. The molecule has 188 valence electrons. The third kappa shape index (κ3) is 7.48. The predicted molar refractivity (Wildman–Crippen MR) is 120 cm³/mol. The number of phenolic OH excluding ortho intramolecular Hbond substituents is 3. The van der Waals surface area contributed by atoms with Gasteiger partial charge in [0, 0.05) is 25.0 Å². The van der Waals surface area contributed by atoms with E-state index in [-0.39, 0.29) is 48.7 Å². The number of aliphatic hydroxyl groups is 2. The Labute approximate surface area is 196 Å². The molecule has 2 rings (SSSR count). The maximum Gasteiger partial charge on any atom is 0.267 e. The quantitative estimate of drug-likeness (QED) is 0.172. The number of rotatable bonds is 13. The maximum absolute atomic E-state index is 12.5. The molecule has 2 aromatic carbocycles. The Morgan fingerprint density at radius 1 is 1.06 bits per heavy atom. The van der Waals surface area contributed by atoms with Gasteiger partial charge in [0.2, 0.25) is 0 Å². The highest BCUT2D eigenvalue weighted by molar-refractivity contribution is 7.86. The Kier molecular flexibility index (Phi) is 9.50. The van der Waals surface area contributed by atoms with Crippen molar-refractivity contribution in [3.8, 4) is 28.7 Å². The van der Waals surface area contributed by atoms with Crippen LogP contribution in [0, 0.1) is 0 Å². The number of methoxy groups -OCH3 is 1. The molecular formula is C22H28O11S. The van der Waals surface area contributed by atoms with Crippen molar-refractivity contribution in [1.82, 2.24) is 0 Å². The molecule has 0 saturated carbocycles. The van der Waals surface area contributed by atoms with Gasteiger partial charge in [-0.15, -0.1) is 0 Å². The molecule has 34 heavy (non-hydrogen) atoms. The van der Waals surface area contributed by atoms with Crippen molar-refractivity contribution in [3.63, 3.8) is 0 Å². The smallest absolute Gasteiger partial charge is 0.267 e. The first-order valence-corrected chi connectivity index (χ1v) is 11.8. The van der Waals surface area contributed by atoms with E-state index in [9.17, 15) is 38.2 Å². The number of phenols is 3. The Balaban J connectivity index is 2.02. The van der Waals surface area contributed by atoms with Crippen LogP contribution in [0.15, 0.2) is 30.3 Å². The van der Waals surface area contributed by atoms with Gasteiger partial charge >= 0.3 is 0 Å². The van der Waals surface area contributed by atoms with Crippen LogP contribution < -0.4 is 9.47 Å². The van der Waals surface area contributed by atoms with Gasteiger partial charge < -0.3 is 35.0 Å². The van der Waals surface area contributed by atoms with Crippen molar-refractivity contribution in [3.05, 3.63) is 41.5 Å². The zero-order valence-electron chi connectivity index (χ0n) is 18.4. The molecule has 0 amide bonds. The highest BCUT2D eigenvalue weighted by Crippen LogP contribution is 2.34. The highest BCUT2D eigenvalue weighted by atomic mass is 32.2. The third-order valence-corrected chi connectivity index (χ3v) is 6.38. The van der Waals surface area contributed by atoms with E-state index >= 15 is 0 Å². The zero-order valence-corrected chi connectivity index (χ0v) is 19.2. The minimum absolute atomic E-state index is 0.0524. The molecule has 6 N–H and O–H groups in total. The van der Waals surface area contributed by atoms with E-state index in [4.69, 9.17) is 14.6 Å². The van der Waals surface area contributed by atoms with Crippen molar-refractivity contribution in [2.75, 3.05) is 20.3 Å². The van der Waals surface area contributed by atoms with Gasteiger partial charge in [-0.25, -0.2) is 0 Å². The Hall–Kier alpha value is -3.06. The number of benzene rings is 2. The SMILES string of the molecule is COc1ccc(CCC(=O)c2c(O)cc(OCC[C@@H](C[C@H](O)CO)S(=O)(=O)O)cc2O)cc1O. The summed E-state index contributed by atoms with van der Waals surface area (Å²) in [5.41, 5.74) is 0.331. The minimum Gasteiger partial charge on any atom is -0.507 e. The van der Waals surface area contributed by atoms with Crippen molar-refractivity contribution < 1.29 is 52.8 Å². The largest absolute Gasteiger partial charge is 0.507 e. The molecule has 0 aromatic heterocycles. The number of Topliss-reactive ketones (excluding diaryl/α,β-unsaturated/α-hetero) is 1. The molecule has 0 heterocycles. The molecule has 0 fully saturated rings. The minimum atomic E-state index is -4.51. The second kappa shape index (κ2) is 11.9. The van der Waals surface area contributed by atoms with Crippen molar-refractivity contribution >= 4 is 15.9 Å². The van der Waals surface area contributed by atoms with E-state index in [0.29, 0.717) is 5.56 Å². The van der Waals surface area contributed by atoms with E-state index in [1.54, 1.807) is 12.1 Å². The number of ether oxygens (including phenoxy) is 2. The fraction of sp³-hybridized carbons (Fsp3) is 0.409. The predicted octanol–water partition coefficient (Wildman–Crippen LogP) is 1.40. The topological polar surface area (TPSA) is 191 Å². The Bertz CT molecular complexity index is 1080. The molecule has 0 unspecified atom stereocenters. The monoisotopic (exact) mass is 500 g/mol. The van der Waals surface area contributed by atoms with E-state index in [1.165, 1.54) is 13.2 Å². The van der Waals surface area contributed by atoms with Crippen LogP contribution in [0.3, 0.4) is 0 Å². The van der Waals surface area contributed by atoms with E-state index in [2.05, 4.69) is 0 Å². The van der Waals surface area contributed by atoms with Gasteiger partial charge in [-0.1, -0.05) is 6.07 Å². The second-order valence-electron chi connectivity index (χ2n) is 7.61. The van der Waals surface area contributed by atoms with Gasteiger partial charge in [-0.2, -0.15) is 8.42 Å². The van der Waals surface area contributed by atoms with Gasteiger partial charge in [0.05, 0.1) is 31.7 Å². The average Bonchev–Trinajstić information content (AvgIpc) is 2.75. The van der Waals surface area contributed by atoms with E-state index < -0.39 is 51.8 Å². The average molecular weight is 501 g/mol. The number of aromatic hydroxyl groups is 3. The lowest BCUT2D eigenvalue weighted by Crippen LogP contribution is -2.29. The van der Waals surface area contributed by atoms with Gasteiger partial charge in [0.25, 0.3) is 10.1 Å². The molecule has 0 saturated heterocycles. The van der Waals surface area contributed by atoms with Gasteiger partial charge in [0.15, 0.2) is 17.3 Å². The van der Waals surface area contributed by atoms with Crippen LogP contribution in [0.2, 0.25) is 0 Å². The van der Waals surface area contributed by atoms with Crippen LogP contribution in [0.4, 0.5) is 0 Å². The summed E-state index contributed by atoms with van der Waals surface area (Å²) in [7, 11) is -3.10. The molecule has 0 bridgehead atoms. The Morgan fingerprint density at radius 2 is 1.71 bits per heavy atom. The third-order valence-electron chi connectivity index (χ3n) is 5.11. The van der Waals surface area contributed by atoms with Gasteiger partial charge in [-0.05, 0) is 30.5 Å². The molecule has 12 heteroatoms. The first-order valence-electron chi connectivity index (χ1n) is 10.3.